The third-order valence-electron chi connectivity index (χ3n) is 15.7. The van der Waals surface area contributed by atoms with Crippen LogP contribution < -0.4 is 4.90 Å². The molecule has 0 amide bonds. The Balaban J connectivity index is 1.15. The monoisotopic (exact) mass is 929 g/mol. The molecule has 5 heteroatoms. The fourth-order valence-corrected chi connectivity index (χ4v) is 13.1. The summed E-state index contributed by atoms with van der Waals surface area (Å²) < 4.78 is 0. The summed E-state index contributed by atoms with van der Waals surface area (Å²) in [4.78, 5) is 20.1. The van der Waals surface area contributed by atoms with Crippen LogP contribution in [0.25, 0.3) is 43.6 Å². The number of aliphatic carboxylic acids is 1. The summed E-state index contributed by atoms with van der Waals surface area (Å²) in [5, 5.41) is 9.67. The number of unbranched alkanes of at least 4 members (excludes halogenated alkanes) is 4. The van der Waals surface area contributed by atoms with Gasteiger partial charge in [0, 0.05) is 37.6 Å². The van der Waals surface area contributed by atoms with Gasteiger partial charge >= 0.3 is 5.97 Å². The molecule has 69 heavy (non-hydrogen) atoms. The minimum atomic E-state index is -1.14. The van der Waals surface area contributed by atoms with Gasteiger partial charge in [0.05, 0.1) is 6.57 Å². The van der Waals surface area contributed by atoms with Crippen LogP contribution >= 0.6 is 11.3 Å². The number of hydrogen-bond donors (Lipinski definition) is 1. The molecule has 4 nitrogen and oxygen atoms in total. The highest BCUT2D eigenvalue weighted by molar-refractivity contribution is 7.16. The van der Waals surface area contributed by atoms with E-state index in [0.717, 1.165) is 60.2 Å². The topological polar surface area (TPSA) is 44.9 Å². The third kappa shape index (κ3) is 8.87. The van der Waals surface area contributed by atoms with E-state index in [-0.39, 0.29) is 16.5 Å². The summed E-state index contributed by atoms with van der Waals surface area (Å²) >= 11 is 1.76. The van der Waals surface area contributed by atoms with Crippen molar-refractivity contribution in [2.24, 2.45) is 0 Å². The molecule has 0 atom stereocenters. The van der Waals surface area contributed by atoms with Gasteiger partial charge < -0.3 is 10.0 Å². The minimum Gasteiger partial charge on any atom is -0.486 e. The Labute approximate surface area is 416 Å². The number of rotatable bonds is 19. The average Bonchev–Trinajstić information content (AvgIpc) is 4.04. The summed E-state index contributed by atoms with van der Waals surface area (Å²) in [6, 6.07) is 46.9. The number of allylic oxidation sites excluding steroid dienone is 4. The minimum absolute atomic E-state index is 0.0196. The Kier molecular flexibility index (Phi) is 14.4. The molecule has 0 spiro atoms. The molecule has 5 aromatic carbocycles. The van der Waals surface area contributed by atoms with Crippen LogP contribution in [0, 0.1) is 6.57 Å². The highest BCUT2D eigenvalue weighted by atomic mass is 32.1. The maximum absolute atomic E-state index is 11.8. The molecule has 0 bridgehead atoms. The van der Waals surface area contributed by atoms with E-state index in [2.05, 4.69) is 171 Å². The summed E-state index contributed by atoms with van der Waals surface area (Å²) in [5.41, 5.74) is 18.8. The van der Waals surface area contributed by atoms with E-state index >= 15 is 0 Å². The quantitative estimate of drug-likeness (QED) is 0.0650. The normalized spacial score (nSPS) is 15.9. The van der Waals surface area contributed by atoms with E-state index in [1.54, 1.807) is 11.3 Å². The van der Waals surface area contributed by atoms with E-state index in [9.17, 15) is 9.90 Å². The van der Waals surface area contributed by atoms with Crippen molar-refractivity contribution in [3.8, 4) is 32.7 Å². The van der Waals surface area contributed by atoms with Crippen LogP contribution in [0.3, 0.4) is 0 Å². The highest BCUT2D eigenvalue weighted by Gasteiger charge is 2.44. The number of carboxylic acid groups (broad SMARTS) is 1. The van der Waals surface area contributed by atoms with Crippen LogP contribution in [-0.2, 0) is 15.6 Å². The molecule has 1 heterocycles. The van der Waals surface area contributed by atoms with Crippen molar-refractivity contribution < 1.29 is 9.90 Å². The third-order valence-corrected chi connectivity index (χ3v) is 16.8. The van der Waals surface area contributed by atoms with Crippen molar-refractivity contribution in [2.45, 2.75) is 142 Å². The Morgan fingerprint density at radius 2 is 1.12 bits per heavy atom. The van der Waals surface area contributed by atoms with Gasteiger partial charge in [-0.1, -0.05) is 164 Å². The lowest BCUT2D eigenvalue weighted by Crippen LogP contribution is -2.26. The Morgan fingerprint density at radius 1 is 0.623 bits per heavy atom. The van der Waals surface area contributed by atoms with Crippen LogP contribution in [0.5, 0.6) is 0 Å². The molecular formula is C64H68N2O2S. The van der Waals surface area contributed by atoms with Crippen molar-refractivity contribution in [2.75, 3.05) is 4.90 Å². The van der Waals surface area contributed by atoms with Crippen molar-refractivity contribution >= 4 is 40.4 Å². The van der Waals surface area contributed by atoms with Gasteiger partial charge in [0.15, 0.2) is 0 Å². The summed E-state index contributed by atoms with van der Waals surface area (Å²) in [7, 11) is 0. The number of carboxylic acids is 1. The van der Waals surface area contributed by atoms with E-state index in [1.807, 2.05) is 6.92 Å². The molecule has 9 rings (SSSR count). The average molecular weight is 929 g/mol. The Morgan fingerprint density at radius 3 is 1.61 bits per heavy atom. The van der Waals surface area contributed by atoms with Gasteiger partial charge in [-0.25, -0.2) is 4.85 Å². The largest absolute Gasteiger partial charge is 0.486 e. The molecule has 3 aliphatic carbocycles. The lowest BCUT2D eigenvalue weighted by Gasteiger charge is -2.35. The van der Waals surface area contributed by atoms with Crippen molar-refractivity contribution in [1.82, 2.24) is 0 Å². The van der Waals surface area contributed by atoms with E-state index in [1.165, 1.54) is 118 Å². The highest BCUT2D eigenvalue weighted by Crippen LogP contribution is 2.58. The fourth-order valence-electron chi connectivity index (χ4n) is 12.2. The zero-order chi connectivity index (χ0) is 48.1. The first-order valence-electron chi connectivity index (χ1n) is 25.9. The number of hydrogen-bond acceptors (Lipinski definition) is 3. The molecule has 0 aliphatic heterocycles. The van der Waals surface area contributed by atoms with Gasteiger partial charge in [0.2, 0.25) is 0 Å². The molecule has 3 aliphatic rings. The zero-order valence-corrected chi connectivity index (χ0v) is 42.3. The second-order valence-corrected chi connectivity index (χ2v) is 20.9. The van der Waals surface area contributed by atoms with Gasteiger partial charge in [-0.15, -0.1) is 11.3 Å². The van der Waals surface area contributed by atoms with Gasteiger partial charge in [-0.05, 0) is 168 Å². The Hall–Kier alpha value is -6.22. The molecule has 0 unspecified atom stereocenters. The molecule has 1 aromatic heterocycles. The lowest BCUT2D eigenvalue weighted by atomic mass is 9.70. The predicted molar refractivity (Wildman–Crippen MR) is 292 cm³/mol. The van der Waals surface area contributed by atoms with Crippen LogP contribution in [0.15, 0.2) is 150 Å². The smallest absolute Gasteiger partial charge is 0.334 e. The molecule has 1 N–H and O–H groups in total. The Bertz CT molecular complexity index is 2860. The van der Waals surface area contributed by atoms with Gasteiger partial charge in [0.25, 0.3) is 5.70 Å². The first-order valence-corrected chi connectivity index (χ1v) is 26.7. The number of thiophene rings is 1. The first kappa shape index (κ1) is 47.8. The van der Waals surface area contributed by atoms with Gasteiger partial charge in [0.1, 0.15) is 0 Å². The number of benzene rings is 5. The SMILES string of the molecule is [C-]#[N+]/C(C(=O)O)=C1/CCCC(/C=C/c2ccc(-c3ccc(N(c4ccc5c(c4)C(CCCC)(CCCC)c4ccccc4-5)c4ccc5c(c4)C(CCCC)(CCCC)c4ccccc4-5)cc3)s2)=C1C. The van der Waals surface area contributed by atoms with Gasteiger partial charge in [-0.2, -0.15) is 0 Å². The van der Waals surface area contributed by atoms with Crippen LogP contribution in [0.2, 0.25) is 0 Å². The number of anilines is 3. The maximum atomic E-state index is 11.8. The lowest BCUT2D eigenvalue weighted by molar-refractivity contribution is -0.132. The molecule has 6 aromatic rings. The predicted octanol–water partition coefficient (Wildman–Crippen LogP) is 19.0. The molecular weight excluding hydrogens is 861 g/mol. The van der Waals surface area contributed by atoms with Gasteiger partial charge in [-0.3, -0.25) is 4.79 Å². The standard InChI is InChI=1S/C64H68N2O2S/c1-7-11-38-63(39-12-8-2)56-24-17-15-21-52(56)54-35-31-48(42-58(54)63)66(49-32-36-55-53-22-16-18-25-57(53)64(40-13-9-3,41-14-10-4)59(55)43-49)47-29-26-46(27-30-47)60-37-34-50(69-60)33-28-45-20-19-23-51(44(45)5)61(65-6)62(67)68/h15-18,21-22,24-37,42-43H,7-14,19-20,23,38-41H2,1-5H3,(H,67,68)/b33-28+,61-51-. The maximum Gasteiger partial charge on any atom is 0.334 e. The molecule has 0 radical (unpaired) electrons. The van der Waals surface area contributed by atoms with Crippen LogP contribution in [0.1, 0.15) is 158 Å². The number of nitrogens with zero attached hydrogens (tertiary/aromatic N) is 2. The molecule has 352 valence electrons. The summed E-state index contributed by atoms with van der Waals surface area (Å²) in [6.07, 6.45) is 20.7. The van der Waals surface area contributed by atoms with Crippen molar-refractivity contribution in [1.29, 1.82) is 0 Å². The molecule has 0 saturated heterocycles. The van der Waals surface area contributed by atoms with E-state index in [4.69, 9.17) is 6.57 Å². The summed E-state index contributed by atoms with van der Waals surface area (Å²) in [6.45, 7) is 18.8. The zero-order valence-electron chi connectivity index (χ0n) is 41.5. The van der Waals surface area contributed by atoms with E-state index < -0.39 is 5.97 Å². The number of fused-ring (bicyclic) bond motifs is 6. The van der Waals surface area contributed by atoms with Crippen molar-refractivity contribution in [3.63, 3.8) is 0 Å². The second-order valence-electron chi connectivity index (χ2n) is 19.8. The fraction of sp³-hybridized carbons (Fsp3) is 0.344. The molecule has 0 saturated carbocycles. The molecule has 0 fully saturated rings. The summed E-state index contributed by atoms with van der Waals surface area (Å²) in [5.74, 6) is -1.14. The first-order chi connectivity index (χ1) is 33.7. The second kappa shape index (κ2) is 20.8. The van der Waals surface area contributed by atoms with Crippen LogP contribution in [0.4, 0.5) is 17.1 Å². The van der Waals surface area contributed by atoms with Crippen LogP contribution in [-0.4, -0.2) is 11.1 Å². The van der Waals surface area contributed by atoms with E-state index in [0.29, 0.717) is 12.0 Å². The van der Waals surface area contributed by atoms with Crippen molar-refractivity contribution in [3.05, 3.63) is 188 Å². The number of carbonyl (C=O) groups is 1.